The Hall–Kier alpha value is -2.37. The van der Waals surface area contributed by atoms with Crippen molar-refractivity contribution in [3.63, 3.8) is 0 Å². The van der Waals surface area contributed by atoms with Crippen LogP contribution < -0.4 is 4.90 Å². The van der Waals surface area contributed by atoms with Gasteiger partial charge in [-0.15, -0.1) is 0 Å². The molecule has 3 rings (SSSR count). The summed E-state index contributed by atoms with van der Waals surface area (Å²) in [6.45, 7) is 2.09. The molecule has 0 saturated carbocycles. The lowest BCUT2D eigenvalue weighted by molar-refractivity contribution is 0.749. The fourth-order valence-corrected chi connectivity index (χ4v) is 2.17. The van der Waals surface area contributed by atoms with E-state index in [1.165, 1.54) is 0 Å². The van der Waals surface area contributed by atoms with Crippen LogP contribution in [-0.2, 0) is 13.5 Å². The van der Waals surface area contributed by atoms with Gasteiger partial charge in [-0.05, 0) is 24.6 Å². The number of nitrogens with zero attached hydrogens (tertiary/aromatic N) is 5. The van der Waals surface area contributed by atoms with Gasteiger partial charge in [0.1, 0.15) is 11.5 Å². The Kier molecular flexibility index (Phi) is 2.93. The van der Waals surface area contributed by atoms with Crippen molar-refractivity contribution in [1.82, 2.24) is 24.7 Å². The minimum atomic E-state index is 0.727. The second-order valence-corrected chi connectivity index (χ2v) is 5.02. The summed E-state index contributed by atoms with van der Waals surface area (Å²) in [5.74, 6) is 1.70. The van der Waals surface area contributed by atoms with Crippen molar-refractivity contribution in [2.45, 2.75) is 13.3 Å². The van der Waals surface area contributed by atoms with Gasteiger partial charge < -0.3 is 9.88 Å². The van der Waals surface area contributed by atoms with E-state index < -0.39 is 0 Å². The average molecular weight is 270 g/mol. The molecule has 0 atom stereocenters. The molecule has 0 aliphatic rings. The number of aromatic amines is 1. The SMILES string of the molecule is CCc1cc(-c2nc3nc(N(C)C)ccc3[nH]2)n(C)n1. The zero-order chi connectivity index (χ0) is 14.3. The molecule has 3 aromatic rings. The third kappa shape index (κ3) is 2.03. The zero-order valence-electron chi connectivity index (χ0n) is 12.2. The lowest BCUT2D eigenvalue weighted by Crippen LogP contribution is -2.10. The molecule has 0 aromatic carbocycles. The lowest BCUT2D eigenvalue weighted by atomic mass is 10.3. The molecule has 20 heavy (non-hydrogen) atoms. The number of H-pyrrole nitrogens is 1. The van der Waals surface area contributed by atoms with Crippen LogP contribution in [0.25, 0.3) is 22.7 Å². The molecule has 1 N–H and O–H groups in total. The predicted octanol–water partition coefficient (Wildman–Crippen LogP) is 1.99. The number of aromatic nitrogens is 5. The summed E-state index contributed by atoms with van der Waals surface area (Å²) in [6.07, 6.45) is 0.914. The van der Waals surface area contributed by atoms with Crippen molar-refractivity contribution < 1.29 is 0 Å². The van der Waals surface area contributed by atoms with Crippen LogP contribution in [0, 0.1) is 0 Å². The van der Waals surface area contributed by atoms with Crippen molar-refractivity contribution >= 4 is 17.0 Å². The first-order chi connectivity index (χ1) is 9.58. The summed E-state index contributed by atoms with van der Waals surface area (Å²) >= 11 is 0. The average Bonchev–Trinajstić information content (AvgIpc) is 3.00. The molecule has 0 bridgehead atoms. The van der Waals surface area contributed by atoms with Gasteiger partial charge in [0.25, 0.3) is 0 Å². The summed E-state index contributed by atoms with van der Waals surface area (Å²) in [4.78, 5) is 14.4. The number of anilines is 1. The second-order valence-electron chi connectivity index (χ2n) is 5.02. The Morgan fingerprint density at radius 2 is 2.05 bits per heavy atom. The standard InChI is InChI=1S/C14H18N6/c1-5-9-8-11(20(4)18-9)14-15-10-6-7-12(19(2)3)16-13(10)17-14/h6-8H,5H2,1-4H3,(H,15,16,17). The molecule has 6 heteroatoms. The van der Waals surface area contributed by atoms with Gasteiger partial charge >= 0.3 is 0 Å². The van der Waals surface area contributed by atoms with E-state index in [1.807, 2.05) is 42.9 Å². The first-order valence-corrected chi connectivity index (χ1v) is 6.66. The number of rotatable bonds is 3. The van der Waals surface area contributed by atoms with E-state index in [2.05, 4.69) is 33.0 Å². The maximum Gasteiger partial charge on any atom is 0.180 e. The van der Waals surface area contributed by atoms with Gasteiger partial charge in [-0.3, -0.25) is 4.68 Å². The maximum absolute atomic E-state index is 4.58. The second kappa shape index (κ2) is 4.63. The highest BCUT2D eigenvalue weighted by Crippen LogP contribution is 2.21. The molecule has 0 amide bonds. The lowest BCUT2D eigenvalue weighted by Gasteiger charge is -2.09. The van der Waals surface area contributed by atoms with Crippen LogP contribution in [0.4, 0.5) is 5.82 Å². The Bertz CT molecular complexity index is 752. The third-order valence-corrected chi connectivity index (χ3v) is 3.32. The Morgan fingerprint density at radius 1 is 1.25 bits per heavy atom. The summed E-state index contributed by atoms with van der Waals surface area (Å²) in [7, 11) is 5.87. The number of aryl methyl sites for hydroxylation is 2. The molecule has 0 unspecified atom stereocenters. The van der Waals surface area contributed by atoms with Crippen molar-refractivity contribution in [2.75, 3.05) is 19.0 Å². The minimum Gasteiger partial charge on any atom is -0.363 e. The molecule has 3 heterocycles. The summed E-state index contributed by atoms with van der Waals surface area (Å²) in [5, 5.41) is 4.45. The molecule has 0 fully saturated rings. The molecule has 6 nitrogen and oxygen atoms in total. The van der Waals surface area contributed by atoms with Gasteiger partial charge in [-0.1, -0.05) is 6.92 Å². The van der Waals surface area contributed by atoms with Crippen LogP contribution >= 0.6 is 0 Å². The quantitative estimate of drug-likeness (QED) is 0.790. The monoisotopic (exact) mass is 270 g/mol. The molecule has 3 aromatic heterocycles. The highest BCUT2D eigenvalue weighted by molar-refractivity contribution is 5.77. The smallest absolute Gasteiger partial charge is 0.180 e. The van der Waals surface area contributed by atoms with Crippen LogP contribution in [0.3, 0.4) is 0 Å². The van der Waals surface area contributed by atoms with E-state index in [0.29, 0.717) is 0 Å². The highest BCUT2D eigenvalue weighted by Gasteiger charge is 2.12. The number of imidazole rings is 1. The van der Waals surface area contributed by atoms with E-state index in [9.17, 15) is 0 Å². The van der Waals surface area contributed by atoms with E-state index in [-0.39, 0.29) is 0 Å². The van der Waals surface area contributed by atoms with Gasteiger partial charge in [-0.2, -0.15) is 5.10 Å². The number of nitrogens with one attached hydrogen (secondary N) is 1. The van der Waals surface area contributed by atoms with E-state index in [1.54, 1.807) is 0 Å². The summed E-state index contributed by atoms with van der Waals surface area (Å²) in [6, 6.07) is 6.04. The summed E-state index contributed by atoms with van der Waals surface area (Å²) < 4.78 is 1.85. The van der Waals surface area contributed by atoms with Crippen molar-refractivity contribution in [3.05, 3.63) is 23.9 Å². The third-order valence-electron chi connectivity index (χ3n) is 3.32. The maximum atomic E-state index is 4.58. The van der Waals surface area contributed by atoms with Crippen molar-refractivity contribution in [2.24, 2.45) is 7.05 Å². The van der Waals surface area contributed by atoms with Gasteiger partial charge in [0.15, 0.2) is 11.5 Å². The number of fused-ring (bicyclic) bond motifs is 1. The van der Waals surface area contributed by atoms with Crippen molar-refractivity contribution in [3.8, 4) is 11.5 Å². The van der Waals surface area contributed by atoms with Crippen LogP contribution in [0.15, 0.2) is 18.2 Å². The first kappa shape index (κ1) is 12.7. The predicted molar refractivity (Wildman–Crippen MR) is 79.8 cm³/mol. The Morgan fingerprint density at radius 3 is 2.70 bits per heavy atom. The molecular weight excluding hydrogens is 252 g/mol. The van der Waals surface area contributed by atoms with Gasteiger partial charge in [0.2, 0.25) is 0 Å². The molecule has 0 aliphatic carbocycles. The normalized spacial score (nSPS) is 11.2. The Balaban J connectivity index is 2.10. The van der Waals surface area contributed by atoms with Gasteiger partial charge in [0.05, 0.1) is 11.2 Å². The first-order valence-electron chi connectivity index (χ1n) is 6.66. The van der Waals surface area contributed by atoms with E-state index in [4.69, 9.17) is 0 Å². The minimum absolute atomic E-state index is 0.727. The highest BCUT2D eigenvalue weighted by atomic mass is 15.3. The van der Waals surface area contributed by atoms with E-state index >= 15 is 0 Å². The molecule has 104 valence electrons. The van der Waals surface area contributed by atoms with Crippen molar-refractivity contribution in [1.29, 1.82) is 0 Å². The topological polar surface area (TPSA) is 62.6 Å². The largest absolute Gasteiger partial charge is 0.363 e. The number of pyridine rings is 1. The molecule has 0 aliphatic heterocycles. The van der Waals surface area contributed by atoms with Crippen LogP contribution in [0.2, 0.25) is 0 Å². The summed E-state index contributed by atoms with van der Waals surface area (Å²) in [5.41, 5.74) is 3.70. The van der Waals surface area contributed by atoms with Crippen LogP contribution in [0.1, 0.15) is 12.6 Å². The van der Waals surface area contributed by atoms with Crippen LogP contribution in [0.5, 0.6) is 0 Å². The van der Waals surface area contributed by atoms with Crippen LogP contribution in [-0.4, -0.2) is 38.8 Å². The fraction of sp³-hybridized carbons (Fsp3) is 0.357. The Labute approximate surface area is 117 Å². The van der Waals surface area contributed by atoms with Gasteiger partial charge in [0, 0.05) is 21.1 Å². The molecular formula is C14H18N6. The van der Waals surface area contributed by atoms with Gasteiger partial charge in [-0.25, -0.2) is 9.97 Å². The molecule has 0 spiro atoms. The van der Waals surface area contributed by atoms with E-state index in [0.717, 1.165) is 40.6 Å². The molecule has 0 saturated heterocycles. The molecule has 0 radical (unpaired) electrons. The zero-order valence-corrected chi connectivity index (χ0v) is 12.2. The number of hydrogen-bond donors (Lipinski definition) is 1. The number of hydrogen-bond acceptors (Lipinski definition) is 4. The fourth-order valence-electron chi connectivity index (χ4n) is 2.17.